The molecule has 3 aromatic carbocycles. The van der Waals surface area contributed by atoms with Crippen molar-refractivity contribution in [3.05, 3.63) is 94.6 Å². The second-order valence-corrected chi connectivity index (χ2v) is 11.4. The number of nitriles is 1. The molecule has 0 radical (unpaired) electrons. The number of para-hydroxylation sites is 1. The second kappa shape index (κ2) is 9.94. The Kier molecular flexibility index (Phi) is 6.69. The number of nitrogens with one attached hydrogen (secondary N) is 1. The summed E-state index contributed by atoms with van der Waals surface area (Å²) in [5.74, 6) is -1.11. The summed E-state index contributed by atoms with van der Waals surface area (Å²) in [6, 6.07) is 20.7. The number of carbonyl (C=O) groups excluding carboxylic acids is 2. The smallest absolute Gasteiger partial charge is 0.252 e. The highest BCUT2D eigenvalue weighted by molar-refractivity contribution is 9.10. The van der Waals surface area contributed by atoms with Crippen molar-refractivity contribution >= 4 is 54.4 Å². The fraction of sp³-hybridized carbons (Fsp3) is 0.148. The van der Waals surface area contributed by atoms with Crippen LogP contribution < -0.4 is 4.90 Å². The van der Waals surface area contributed by atoms with Crippen LogP contribution >= 0.6 is 15.9 Å². The summed E-state index contributed by atoms with van der Waals surface area (Å²) in [7, 11) is -4.12. The second-order valence-electron chi connectivity index (χ2n) is 8.63. The summed E-state index contributed by atoms with van der Waals surface area (Å²) in [6.07, 6.45) is 1.90. The van der Waals surface area contributed by atoms with E-state index in [1.54, 1.807) is 12.1 Å². The molecule has 0 spiro atoms. The highest BCUT2D eigenvalue weighted by Gasteiger charge is 2.46. The fourth-order valence-corrected chi connectivity index (χ4v) is 6.40. The third-order valence-electron chi connectivity index (χ3n) is 6.42. The SMILES string of the molecule is N#Cc1ccc(N2C(=O)CC(N(CCc3c[nH]c4ccccc34)S(=O)(=O)c3ccc(Br)cc3)C2=O)cc1. The zero-order valence-corrected chi connectivity index (χ0v) is 21.9. The molecule has 37 heavy (non-hydrogen) atoms. The number of aromatic nitrogens is 1. The number of halogens is 1. The lowest BCUT2D eigenvalue weighted by Gasteiger charge is -2.27. The van der Waals surface area contributed by atoms with Gasteiger partial charge in [0.1, 0.15) is 6.04 Å². The molecule has 0 bridgehead atoms. The normalized spacial score (nSPS) is 16.0. The lowest BCUT2D eigenvalue weighted by molar-refractivity contribution is -0.122. The van der Waals surface area contributed by atoms with Crippen molar-refractivity contribution in [2.24, 2.45) is 0 Å². The largest absolute Gasteiger partial charge is 0.361 e. The minimum absolute atomic E-state index is 0.00510. The van der Waals surface area contributed by atoms with E-state index in [9.17, 15) is 18.0 Å². The van der Waals surface area contributed by atoms with Crippen LogP contribution in [0, 0.1) is 11.3 Å². The summed E-state index contributed by atoms with van der Waals surface area (Å²) in [4.78, 5) is 30.7. The molecule has 2 amide bonds. The van der Waals surface area contributed by atoms with Crippen LogP contribution in [0.2, 0.25) is 0 Å². The van der Waals surface area contributed by atoms with Crippen molar-refractivity contribution < 1.29 is 18.0 Å². The number of imide groups is 1. The van der Waals surface area contributed by atoms with Crippen LogP contribution in [0.3, 0.4) is 0 Å². The van der Waals surface area contributed by atoms with Gasteiger partial charge in [-0.2, -0.15) is 9.57 Å². The van der Waals surface area contributed by atoms with Gasteiger partial charge in [0.05, 0.1) is 28.6 Å². The molecular formula is C27H21BrN4O4S. The van der Waals surface area contributed by atoms with Crippen molar-refractivity contribution in [1.29, 1.82) is 5.26 Å². The van der Waals surface area contributed by atoms with Gasteiger partial charge >= 0.3 is 0 Å². The molecule has 1 saturated heterocycles. The molecule has 1 N–H and O–H groups in total. The number of amides is 2. The summed E-state index contributed by atoms with van der Waals surface area (Å²) < 4.78 is 29.5. The molecule has 0 aliphatic carbocycles. The van der Waals surface area contributed by atoms with E-state index in [0.29, 0.717) is 17.7 Å². The van der Waals surface area contributed by atoms with Gasteiger partial charge in [-0.05, 0) is 66.6 Å². The molecule has 186 valence electrons. The van der Waals surface area contributed by atoms with Crippen molar-refractivity contribution in [1.82, 2.24) is 9.29 Å². The molecule has 1 aromatic heterocycles. The Balaban J connectivity index is 1.50. The lowest BCUT2D eigenvalue weighted by atomic mass is 10.1. The lowest BCUT2D eigenvalue weighted by Crippen LogP contribution is -2.46. The third-order valence-corrected chi connectivity index (χ3v) is 8.87. The Hall–Kier alpha value is -3.78. The van der Waals surface area contributed by atoms with Gasteiger partial charge < -0.3 is 4.98 Å². The topological polar surface area (TPSA) is 114 Å². The maximum Gasteiger partial charge on any atom is 0.252 e. The Morgan fingerprint density at radius 1 is 1.03 bits per heavy atom. The molecule has 0 saturated carbocycles. The molecule has 5 rings (SSSR count). The van der Waals surface area contributed by atoms with Gasteiger partial charge in [-0.1, -0.05) is 34.1 Å². The Morgan fingerprint density at radius 3 is 2.43 bits per heavy atom. The van der Waals surface area contributed by atoms with Crippen LogP contribution in [0.4, 0.5) is 5.69 Å². The summed E-state index contributed by atoms with van der Waals surface area (Å²) >= 11 is 3.32. The van der Waals surface area contributed by atoms with E-state index in [2.05, 4.69) is 20.9 Å². The number of anilines is 1. The van der Waals surface area contributed by atoms with Gasteiger partial charge in [-0.15, -0.1) is 0 Å². The quantitative estimate of drug-likeness (QED) is 0.328. The standard InChI is InChI=1S/C27H21BrN4O4S/c28-20-7-11-22(12-8-20)37(35,36)31(14-13-19-17-30-24-4-2-1-3-23(19)24)25-15-26(33)32(27(25)34)21-9-5-18(16-29)6-10-21/h1-12,17,25,30H,13-15H2. The molecule has 1 atom stereocenters. The first kappa shape index (κ1) is 24.9. The highest BCUT2D eigenvalue weighted by Crippen LogP contribution is 2.30. The number of nitrogens with zero attached hydrogens (tertiary/aromatic N) is 3. The summed E-state index contributed by atoms with van der Waals surface area (Å²) in [5, 5.41) is 10.0. The van der Waals surface area contributed by atoms with Crippen molar-refractivity contribution in [3.63, 3.8) is 0 Å². The van der Waals surface area contributed by atoms with E-state index in [4.69, 9.17) is 5.26 Å². The molecular weight excluding hydrogens is 556 g/mol. The van der Waals surface area contributed by atoms with Gasteiger partial charge in [0.15, 0.2) is 0 Å². The van der Waals surface area contributed by atoms with Gasteiger partial charge in [0.25, 0.3) is 5.91 Å². The van der Waals surface area contributed by atoms with Crippen LogP contribution in [-0.4, -0.2) is 42.1 Å². The average molecular weight is 577 g/mol. The highest BCUT2D eigenvalue weighted by atomic mass is 79.9. The number of sulfonamides is 1. The Labute approximate surface area is 222 Å². The molecule has 1 aliphatic heterocycles. The first-order valence-electron chi connectivity index (χ1n) is 11.5. The maximum atomic E-state index is 13.8. The van der Waals surface area contributed by atoms with Crippen molar-refractivity contribution in [2.45, 2.75) is 23.8 Å². The van der Waals surface area contributed by atoms with E-state index in [1.165, 1.54) is 36.4 Å². The molecule has 8 nitrogen and oxygen atoms in total. The van der Waals surface area contributed by atoms with E-state index < -0.39 is 27.9 Å². The number of fused-ring (bicyclic) bond motifs is 1. The van der Waals surface area contributed by atoms with E-state index in [-0.39, 0.29) is 17.9 Å². The minimum Gasteiger partial charge on any atom is -0.361 e. The zero-order chi connectivity index (χ0) is 26.2. The molecule has 10 heteroatoms. The van der Waals surface area contributed by atoms with Gasteiger partial charge in [-0.3, -0.25) is 9.59 Å². The Bertz CT molecular complexity index is 1640. The zero-order valence-electron chi connectivity index (χ0n) is 19.5. The molecule has 2 heterocycles. The molecule has 1 unspecified atom stereocenters. The number of aromatic amines is 1. The van der Waals surface area contributed by atoms with Crippen molar-refractivity contribution in [2.75, 3.05) is 11.4 Å². The first-order chi connectivity index (χ1) is 17.8. The number of rotatable bonds is 7. The number of hydrogen-bond donors (Lipinski definition) is 1. The van der Waals surface area contributed by atoms with Gasteiger partial charge in [-0.25, -0.2) is 13.3 Å². The van der Waals surface area contributed by atoms with Gasteiger partial charge in [0, 0.05) is 28.1 Å². The van der Waals surface area contributed by atoms with Crippen molar-refractivity contribution in [3.8, 4) is 6.07 Å². The number of benzene rings is 3. The van der Waals surface area contributed by atoms with Crippen LogP contribution in [0.25, 0.3) is 10.9 Å². The van der Waals surface area contributed by atoms with Crippen LogP contribution in [0.15, 0.2) is 88.4 Å². The molecule has 4 aromatic rings. The van der Waals surface area contributed by atoms with E-state index in [0.717, 1.165) is 30.1 Å². The first-order valence-corrected chi connectivity index (χ1v) is 13.7. The predicted molar refractivity (Wildman–Crippen MR) is 142 cm³/mol. The summed E-state index contributed by atoms with van der Waals surface area (Å²) in [6.45, 7) is 0.00510. The van der Waals surface area contributed by atoms with E-state index in [1.807, 2.05) is 36.5 Å². The molecule has 1 aliphatic rings. The fourth-order valence-electron chi connectivity index (χ4n) is 4.55. The van der Waals surface area contributed by atoms with Gasteiger partial charge in [0.2, 0.25) is 15.9 Å². The van der Waals surface area contributed by atoms with Crippen LogP contribution in [0.5, 0.6) is 0 Å². The number of carbonyl (C=O) groups is 2. The monoisotopic (exact) mass is 576 g/mol. The average Bonchev–Trinajstić information content (AvgIpc) is 3.44. The Morgan fingerprint density at radius 2 is 1.73 bits per heavy atom. The number of H-pyrrole nitrogens is 1. The number of hydrogen-bond acceptors (Lipinski definition) is 5. The predicted octanol–water partition coefficient (Wildman–Crippen LogP) is 4.37. The molecule has 1 fully saturated rings. The van der Waals surface area contributed by atoms with Crippen LogP contribution in [-0.2, 0) is 26.0 Å². The maximum absolute atomic E-state index is 13.8. The van der Waals surface area contributed by atoms with Crippen LogP contribution in [0.1, 0.15) is 17.5 Å². The summed E-state index contributed by atoms with van der Waals surface area (Å²) in [5.41, 5.74) is 2.53. The minimum atomic E-state index is -4.12. The van der Waals surface area contributed by atoms with E-state index >= 15 is 0 Å². The third kappa shape index (κ3) is 4.69.